The lowest BCUT2D eigenvalue weighted by atomic mass is 10.1. The van der Waals surface area contributed by atoms with E-state index in [-0.39, 0.29) is 5.91 Å². The smallest absolute Gasteiger partial charge is 0.328 e. The van der Waals surface area contributed by atoms with Crippen molar-refractivity contribution < 1.29 is 19.1 Å². The molecular formula is C13H17NO4. The Morgan fingerprint density at radius 2 is 1.78 bits per heavy atom. The summed E-state index contributed by atoms with van der Waals surface area (Å²) in [5.74, 6) is -0.868. The molecule has 98 valence electrons. The van der Waals surface area contributed by atoms with E-state index in [9.17, 15) is 9.59 Å². The number of benzene rings is 1. The molecule has 0 saturated carbocycles. The van der Waals surface area contributed by atoms with Gasteiger partial charge < -0.3 is 14.8 Å². The Morgan fingerprint density at radius 1 is 1.17 bits per heavy atom. The summed E-state index contributed by atoms with van der Waals surface area (Å²) in [5.41, 5.74) is 0.731. The molecule has 1 amide bonds. The van der Waals surface area contributed by atoms with E-state index in [1.54, 1.807) is 19.1 Å². The minimum absolute atomic E-state index is 0.374. The molecule has 5 nitrogen and oxygen atoms in total. The highest BCUT2D eigenvalue weighted by Crippen LogP contribution is 2.16. The van der Waals surface area contributed by atoms with E-state index >= 15 is 0 Å². The van der Waals surface area contributed by atoms with Gasteiger partial charge in [-0.05, 0) is 12.5 Å². The van der Waals surface area contributed by atoms with Crippen LogP contribution in [0.3, 0.4) is 0 Å². The van der Waals surface area contributed by atoms with Crippen LogP contribution in [0.25, 0.3) is 0 Å². The van der Waals surface area contributed by atoms with E-state index in [0.29, 0.717) is 0 Å². The second-order valence-electron chi connectivity index (χ2n) is 3.78. The van der Waals surface area contributed by atoms with Gasteiger partial charge in [0, 0.05) is 7.11 Å². The summed E-state index contributed by atoms with van der Waals surface area (Å²) in [6, 6.07) is 8.36. The van der Waals surface area contributed by atoms with Crippen LogP contribution in [0.4, 0.5) is 0 Å². The number of carbonyl (C=O) groups excluding carboxylic acids is 2. The van der Waals surface area contributed by atoms with Gasteiger partial charge in [0.1, 0.15) is 6.04 Å². The third kappa shape index (κ3) is 3.56. The van der Waals surface area contributed by atoms with Gasteiger partial charge in [0.15, 0.2) is 6.10 Å². The van der Waals surface area contributed by atoms with Crippen LogP contribution in [0.2, 0.25) is 0 Å². The standard InChI is InChI=1S/C13H17NO4/c1-9(13(16)18-3)14-12(15)11(17-2)10-7-5-4-6-8-10/h4-9,11H,1-3H3,(H,14,15)/t9-,11?/m0/s1. The van der Waals surface area contributed by atoms with Crippen molar-refractivity contribution in [2.75, 3.05) is 14.2 Å². The molecule has 0 aliphatic rings. The molecule has 1 aromatic carbocycles. The molecule has 1 rings (SSSR count). The summed E-state index contributed by atoms with van der Waals surface area (Å²) in [5, 5.41) is 2.54. The van der Waals surface area contributed by atoms with Gasteiger partial charge in [-0.25, -0.2) is 4.79 Å². The number of rotatable bonds is 5. The van der Waals surface area contributed by atoms with Crippen LogP contribution < -0.4 is 5.32 Å². The summed E-state index contributed by atoms with van der Waals surface area (Å²) < 4.78 is 9.69. The average molecular weight is 251 g/mol. The maximum absolute atomic E-state index is 12.0. The monoisotopic (exact) mass is 251 g/mol. The molecule has 0 fully saturated rings. The Balaban J connectivity index is 2.72. The summed E-state index contributed by atoms with van der Waals surface area (Å²) in [6.45, 7) is 1.56. The zero-order chi connectivity index (χ0) is 13.5. The van der Waals surface area contributed by atoms with Gasteiger partial charge in [-0.3, -0.25) is 4.79 Å². The molecule has 0 spiro atoms. The zero-order valence-corrected chi connectivity index (χ0v) is 10.7. The number of ether oxygens (including phenoxy) is 2. The van der Waals surface area contributed by atoms with Crippen LogP contribution in [0.1, 0.15) is 18.6 Å². The highest BCUT2D eigenvalue weighted by molar-refractivity contribution is 5.87. The highest BCUT2D eigenvalue weighted by Gasteiger charge is 2.24. The molecule has 0 aliphatic heterocycles. The molecule has 0 aliphatic carbocycles. The minimum atomic E-state index is -0.738. The van der Waals surface area contributed by atoms with Gasteiger partial charge in [0.05, 0.1) is 7.11 Å². The Morgan fingerprint density at radius 3 is 2.28 bits per heavy atom. The number of nitrogens with one attached hydrogen (secondary N) is 1. The van der Waals surface area contributed by atoms with Crippen molar-refractivity contribution in [3.8, 4) is 0 Å². The van der Waals surface area contributed by atoms with Crippen LogP contribution >= 0.6 is 0 Å². The Labute approximate surface area is 106 Å². The van der Waals surface area contributed by atoms with E-state index in [0.717, 1.165) is 5.56 Å². The lowest BCUT2D eigenvalue weighted by molar-refractivity contribution is -0.146. The fourth-order valence-electron chi connectivity index (χ4n) is 1.55. The quantitative estimate of drug-likeness (QED) is 0.794. The van der Waals surface area contributed by atoms with Gasteiger partial charge in [-0.2, -0.15) is 0 Å². The van der Waals surface area contributed by atoms with Crippen molar-refractivity contribution in [2.45, 2.75) is 19.1 Å². The van der Waals surface area contributed by atoms with Crippen molar-refractivity contribution >= 4 is 11.9 Å². The first-order valence-electron chi connectivity index (χ1n) is 5.56. The Hall–Kier alpha value is -1.88. The van der Waals surface area contributed by atoms with Crippen molar-refractivity contribution in [1.29, 1.82) is 0 Å². The fraction of sp³-hybridized carbons (Fsp3) is 0.385. The van der Waals surface area contributed by atoms with E-state index in [4.69, 9.17) is 4.74 Å². The Kier molecular flexibility index (Phi) is 5.32. The lowest BCUT2D eigenvalue weighted by Crippen LogP contribution is -2.42. The molecule has 1 unspecified atom stereocenters. The maximum atomic E-state index is 12.0. The largest absolute Gasteiger partial charge is 0.467 e. The average Bonchev–Trinajstić information content (AvgIpc) is 2.39. The number of carbonyl (C=O) groups is 2. The molecule has 1 N–H and O–H groups in total. The number of hydrogen-bond acceptors (Lipinski definition) is 4. The van der Waals surface area contributed by atoms with Gasteiger partial charge in [-0.1, -0.05) is 30.3 Å². The van der Waals surface area contributed by atoms with Crippen molar-refractivity contribution in [3.05, 3.63) is 35.9 Å². The summed E-state index contributed by atoms with van der Waals surface area (Å²) >= 11 is 0. The van der Waals surface area contributed by atoms with E-state index in [1.165, 1.54) is 14.2 Å². The van der Waals surface area contributed by atoms with Gasteiger partial charge in [0.2, 0.25) is 0 Å². The van der Waals surface area contributed by atoms with Gasteiger partial charge in [-0.15, -0.1) is 0 Å². The molecule has 2 atom stereocenters. The first-order chi connectivity index (χ1) is 8.60. The van der Waals surface area contributed by atoms with Crippen molar-refractivity contribution in [2.24, 2.45) is 0 Å². The molecule has 0 bridgehead atoms. The predicted molar refractivity (Wildman–Crippen MR) is 65.8 cm³/mol. The van der Waals surface area contributed by atoms with Crippen LogP contribution in [0, 0.1) is 0 Å². The van der Waals surface area contributed by atoms with Crippen molar-refractivity contribution in [1.82, 2.24) is 5.32 Å². The summed E-state index contributed by atoms with van der Waals surface area (Å²) in [4.78, 5) is 23.2. The van der Waals surface area contributed by atoms with Crippen molar-refractivity contribution in [3.63, 3.8) is 0 Å². The molecule has 0 radical (unpaired) electrons. The van der Waals surface area contributed by atoms with Gasteiger partial charge in [0.25, 0.3) is 5.91 Å². The molecule has 1 aromatic rings. The summed E-state index contributed by atoms with van der Waals surface area (Å²) in [6.07, 6.45) is -0.738. The lowest BCUT2D eigenvalue weighted by Gasteiger charge is -2.18. The molecule has 18 heavy (non-hydrogen) atoms. The second kappa shape index (κ2) is 6.76. The topological polar surface area (TPSA) is 64.6 Å². The van der Waals surface area contributed by atoms with Gasteiger partial charge >= 0.3 is 5.97 Å². The number of hydrogen-bond donors (Lipinski definition) is 1. The fourth-order valence-corrected chi connectivity index (χ4v) is 1.55. The van der Waals surface area contributed by atoms with E-state index in [2.05, 4.69) is 10.1 Å². The second-order valence-corrected chi connectivity index (χ2v) is 3.78. The van der Waals surface area contributed by atoms with E-state index in [1.807, 2.05) is 18.2 Å². The first kappa shape index (κ1) is 14.2. The highest BCUT2D eigenvalue weighted by atomic mass is 16.5. The molecular weight excluding hydrogens is 234 g/mol. The molecule has 5 heteroatoms. The van der Waals surface area contributed by atoms with Crippen LogP contribution in [-0.2, 0) is 19.1 Å². The zero-order valence-electron chi connectivity index (χ0n) is 10.7. The first-order valence-corrected chi connectivity index (χ1v) is 5.56. The molecule has 0 heterocycles. The van der Waals surface area contributed by atoms with Crippen LogP contribution in [-0.4, -0.2) is 32.1 Å². The molecule has 0 saturated heterocycles. The number of esters is 1. The van der Waals surface area contributed by atoms with E-state index < -0.39 is 18.1 Å². The third-order valence-electron chi connectivity index (χ3n) is 2.49. The minimum Gasteiger partial charge on any atom is -0.467 e. The predicted octanol–water partition coefficient (Wildman–Crippen LogP) is 1.05. The summed E-state index contributed by atoms with van der Waals surface area (Å²) in [7, 11) is 2.72. The number of methoxy groups -OCH3 is 2. The normalized spacial score (nSPS) is 13.5. The van der Waals surface area contributed by atoms with Crippen LogP contribution in [0.5, 0.6) is 0 Å². The SMILES string of the molecule is COC(=O)[C@H](C)NC(=O)C(OC)c1ccccc1. The maximum Gasteiger partial charge on any atom is 0.328 e. The number of amides is 1. The Bertz CT molecular complexity index is 405. The third-order valence-corrected chi connectivity index (χ3v) is 2.49. The van der Waals surface area contributed by atoms with Crippen LogP contribution in [0.15, 0.2) is 30.3 Å². The molecule has 0 aromatic heterocycles.